The van der Waals surface area contributed by atoms with Crippen molar-refractivity contribution in [2.45, 2.75) is 43.9 Å². The number of hydrogen-bond donors (Lipinski definition) is 1. The van der Waals surface area contributed by atoms with Gasteiger partial charge in [0.25, 0.3) is 5.91 Å². The van der Waals surface area contributed by atoms with E-state index in [2.05, 4.69) is 5.32 Å². The smallest absolute Gasteiger partial charge is 0.356 e. The van der Waals surface area contributed by atoms with Crippen LogP contribution in [0.1, 0.15) is 36.0 Å². The fourth-order valence-corrected chi connectivity index (χ4v) is 7.45. The van der Waals surface area contributed by atoms with E-state index >= 15 is 0 Å². The molecule has 3 unspecified atom stereocenters. The number of ether oxygens (including phenoxy) is 2. The van der Waals surface area contributed by atoms with Gasteiger partial charge in [0.05, 0.1) is 12.0 Å². The third kappa shape index (κ3) is 6.07. The molecule has 2 aromatic carbocycles. The van der Waals surface area contributed by atoms with E-state index in [1.165, 1.54) is 18.3 Å². The first kappa shape index (κ1) is 28.6. The lowest BCUT2D eigenvalue weighted by atomic mass is 9.99. The lowest BCUT2D eigenvalue weighted by molar-refractivity contribution is -0.155. The maximum absolute atomic E-state index is 13.9. The number of nitrogens with one attached hydrogen (secondary N) is 1. The van der Waals surface area contributed by atoms with Crippen LogP contribution in [0, 0.1) is 0 Å². The summed E-state index contributed by atoms with van der Waals surface area (Å²) in [6.45, 7) is 2.78. The summed E-state index contributed by atoms with van der Waals surface area (Å²) in [4.78, 5) is 53.8. The minimum absolute atomic E-state index is 0.0795. The zero-order chi connectivity index (χ0) is 29.1. The number of carbonyl (C=O) groups excluding carboxylic acids is 4. The monoisotopic (exact) mass is 592 g/mol. The highest BCUT2D eigenvalue weighted by Crippen LogP contribution is 2.40. The summed E-state index contributed by atoms with van der Waals surface area (Å²) in [5.41, 5.74) is 1.53. The van der Waals surface area contributed by atoms with Gasteiger partial charge in [0, 0.05) is 11.8 Å². The summed E-state index contributed by atoms with van der Waals surface area (Å²) in [7, 11) is 0. The van der Waals surface area contributed by atoms with Crippen LogP contribution in [-0.2, 0) is 46.2 Å². The van der Waals surface area contributed by atoms with Crippen molar-refractivity contribution in [1.82, 2.24) is 10.2 Å². The Bertz CT molecular complexity index is 1420. The number of β-lactam (4-membered cyclic amide) rings is 1. The summed E-state index contributed by atoms with van der Waals surface area (Å²) < 4.78 is 24.8. The Balaban J connectivity index is 1.46. The van der Waals surface area contributed by atoms with Crippen LogP contribution in [0.4, 0.5) is 0 Å². The summed E-state index contributed by atoms with van der Waals surface area (Å²) in [6.07, 6.45) is -1.66. The quantitative estimate of drug-likeness (QED) is 0.230. The Morgan fingerprint density at radius 2 is 1.66 bits per heavy atom. The van der Waals surface area contributed by atoms with Gasteiger partial charge >= 0.3 is 11.9 Å². The van der Waals surface area contributed by atoms with Gasteiger partial charge in [-0.05, 0) is 40.7 Å². The molecular weight excluding hydrogens is 564 g/mol. The van der Waals surface area contributed by atoms with Crippen molar-refractivity contribution in [3.8, 4) is 0 Å². The standard InChI is InChI=1S/C30H28N2O7S2/c1-18(38-19(2)33)23-17-41(37)29-25(31-24(34)16-22-14-9-15-40-22)28(35)32(29)26(23)30(36)39-27(20-10-5-3-6-11-20)21-12-7-4-8-13-21/h3-15,18,25,27,29H,16-17H2,1-2H3,(H,31,34)/t18?,25?,29-,41?/m0/s1. The predicted molar refractivity (Wildman–Crippen MR) is 153 cm³/mol. The molecule has 1 saturated heterocycles. The van der Waals surface area contributed by atoms with Gasteiger partial charge in [0.1, 0.15) is 17.6 Å². The maximum Gasteiger partial charge on any atom is 0.356 e. The number of carbonyl (C=O) groups is 4. The molecule has 4 atom stereocenters. The van der Waals surface area contributed by atoms with Crippen LogP contribution in [0.25, 0.3) is 0 Å². The third-order valence-electron chi connectivity index (χ3n) is 6.84. The average Bonchev–Trinajstić information content (AvgIpc) is 3.47. The van der Waals surface area contributed by atoms with Crippen molar-refractivity contribution in [2.24, 2.45) is 0 Å². The van der Waals surface area contributed by atoms with Crippen LogP contribution in [0.3, 0.4) is 0 Å². The van der Waals surface area contributed by atoms with Crippen molar-refractivity contribution < 1.29 is 33.2 Å². The molecule has 0 radical (unpaired) electrons. The molecule has 2 amide bonds. The Morgan fingerprint density at radius 3 is 2.22 bits per heavy atom. The second kappa shape index (κ2) is 12.3. The highest BCUT2D eigenvalue weighted by atomic mass is 32.2. The van der Waals surface area contributed by atoms with Crippen molar-refractivity contribution in [2.75, 3.05) is 5.75 Å². The number of nitrogens with zero attached hydrogens (tertiary/aromatic N) is 1. The van der Waals surface area contributed by atoms with Crippen LogP contribution in [0.15, 0.2) is 89.4 Å². The fraction of sp³-hybridized carbons (Fsp3) is 0.267. The van der Waals surface area contributed by atoms with Crippen LogP contribution in [0.2, 0.25) is 0 Å². The highest BCUT2D eigenvalue weighted by Gasteiger charge is 2.61. The summed E-state index contributed by atoms with van der Waals surface area (Å²) in [5.74, 6) is -2.52. The summed E-state index contributed by atoms with van der Waals surface area (Å²) >= 11 is -0.269. The molecule has 3 aromatic rings. The molecule has 41 heavy (non-hydrogen) atoms. The second-order valence-electron chi connectivity index (χ2n) is 9.66. The number of rotatable bonds is 9. The molecule has 1 fully saturated rings. The normalized spacial score (nSPS) is 20.6. The van der Waals surface area contributed by atoms with Crippen LogP contribution >= 0.6 is 11.3 Å². The third-order valence-corrected chi connectivity index (χ3v) is 9.34. The van der Waals surface area contributed by atoms with E-state index in [1.807, 2.05) is 78.2 Å². The summed E-state index contributed by atoms with van der Waals surface area (Å²) in [6, 6.07) is 20.9. The fourth-order valence-electron chi connectivity index (χ4n) is 4.97. The van der Waals surface area contributed by atoms with Gasteiger partial charge in [0.2, 0.25) is 11.3 Å². The number of esters is 2. The molecule has 0 saturated carbocycles. The minimum atomic E-state index is -1.69. The van der Waals surface area contributed by atoms with Gasteiger partial charge < -0.3 is 19.3 Å². The van der Waals surface area contributed by atoms with E-state index in [0.717, 1.165) is 9.78 Å². The number of thiophene rings is 1. The second-order valence-corrected chi connectivity index (χ2v) is 12.2. The molecule has 212 valence electrons. The molecule has 2 aliphatic rings. The Morgan fingerprint density at radius 1 is 1.02 bits per heavy atom. The number of amides is 2. The number of hydrogen-bond acceptors (Lipinski definition) is 8. The van der Waals surface area contributed by atoms with E-state index in [4.69, 9.17) is 9.47 Å². The molecule has 11 heteroatoms. The maximum atomic E-state index is 13.9. The van der Waals surface area contributed by atoms with Crippen LogP contribution in [0.5, 0.6) is 0 Å². The molecular formula is C30H28N2O7S2. The van der Waals surface area contributed by atoms with Gasteiger partial charge in [-0.1, -0.05) is 66.7 Å². The Hall–Kier alpha value is -3.93. The van der Waals surface area contributed by atoms with Crippen molar-refractivity contribution in [3.63, 3.8) is 0 Å². The molecule has 1 N–H and O–H groups in total. The molecule has 0 aliphatic carbocycles. The first-order valence-electron chi connectivity index (χ1n) is 13.0. The first-order chi connectivity index (χ1) is 19.7. The Kier molecular flexibility index (Phi) is 8.57. The topological polar surface area (TPSA) is 125 Å². The molecule has 2 aliphatic heterocycles. The van der Waals surface area contributed by atoms with Gasteiger partial charge in [-0.2, -0.15) is 0 Å². The average molecular weight is 593 g/mol. The van der Waals surface area contributed by atoms with Crippen molar-refractivity contribution in [1.29, 1.82) is 0 Å². The van der Waals surface area contributed by atoms with Crippen LogP contribution < -0.4 is 5.32 Å². The zero-order valence-corrected chi connectivity index (χ0v) is 24.0. The molecule has 9 nitrogen and oxygen atoms in total. The van der Waals surface area contributed by atoms with Gasteiger partial charge in [-0.25, -0.2) is 4.79 Å². The van der Waals surface area contributed by atoms with Gasteiger partial charge in [0.15, 0.2) is 12.1 Å². The minimum Gasteiger partial charge on any atom is -0.614 e. The lowest BCUT2D eigenvalue weighted by Crippen LogP contribution is -2.75. The number of benzene rings is 2. The van der Waals surface area contributed by atoms with Crippen molar-refractivity contribution >= 4 is 46.3 Å². The van der Waals surface area contributed by atoms with Crippen LogP contribution in [-0.4, -0.2) is 56.5 Å². The summed E-state index contributed by atoms with van der Waals surface area (Å²) in [5, 5.41) is 3.57. The predicted octanol–water partition coefficient (Wildman–Crippen LogP) is 3.24. The van der Waals surface area contributed by atoms with E-state index in [-0.39, 0.29) is 29.4 Å². The lowest BCUT2D eigenvalue weighted by Gasteiger charge is -2.49. The first-order valence-corrected chi connectivity index (χ1v) is 15.2. The largest absolute Gasteiger partial charge is 0.614 e. The number of fused-ring (bicyclic) bond motifs is 1. The van der Waals surface area contributed by atoms with Crippen molar-refractivity contribution in [3.05, 3.63) is 105 Å². The van der Waals surface area contributed by atoms with Gasteiger partial charge in [-0.15, -0.1) is 11.3 Å². The van der Waals surface area contributed by atoms with E-state index in [1.54, 1.807) is 6.92 Å². The van der Waals surface area contributed by atoms with E-state index in [0.29, 0.717) is 11.1 Å². The zero-order valence-electron chi connectivity index (χ0n) is 22.4. The SMILES string of the molecule is CC(=O)OC(C)C1=C(C(=O)OC(c2ccccc2)c2ccccc2)N2C(=O)C(NC(=O)Cc3cccs3)[C@@H]2[S+]([O-])C1. The molecule has 0 bridgehead atoms. The molecule has 0 spiro atoms. The van der Waals surface area contributed by atoms with E-state index in [9.17, 15) is 23.7 Å². The Labute approximate surface area is 244 Å². The molecule has 5 rings (SSSR count). The van der Waals surface area contributed by atoms with Gasteiger partial charge in [-0.3, -0.25) is 19.3 Å². The van der Waals surface area contributed by atoms with E-state index < -0.39 is 52.6 Å². The highest BCUT2D eigenvalue weighted by molar-refractivity contribution is 7.92. The molecule has 3 heterocycles. The molecule has 1 aromatic heterocycles.